The Bertz CT molecular complexity index is 547. The number of pyridine rings is 1. The van der Waals surface area contributed by atoms with Gasteiger partial charge in [-0.1, -0.05) is 0 Å². The summed E-state index contributed by atoms with van der Waals surface area (Å²) in [5.41, 5.74) is 0.531. The normalized spacial score (nSPS) is 12.3. The van der Waals surface area contributed by atoms with E-state index in [9.17, 15) is 17.1 Å². The highest BCUT2D eigenvalue weighted by Gasteiger charge is 2.30. The van der Waals surface area contributed by atoms with Gasteiger partial charge in [-0.25, -0.2) is 4.98 Å². The lowest BCUT2D eigenvalue weighted by Gasteiger charge is -2.07. The quantitative estimate of drug-likeness (QED) is 0.769. The molecule has 0 saturated heterocycles. The topological polar surface area (TPSA) is 17.3 Å². The van der Waals surface area contributed by atoms with Gasteiger partial charge in [-0.2, -0.15) is 17.1 Å². The summed E-state index contributed by atoms with van der Waals surface area (Å²) in [6.45, 7) is 1.49. The standard InChI is InChI=1S/C10H8F4N2S/c1-6-7(5-10(11,12)13)16-4-2-3-8(17-14)9(16)15-6/h2-4H,5H2,1H3. The fourth-order valence-corrected chi connectivity index (χ4v) is 2.01. The Kier molecular flexibility index (Phi) is 3.03. The number of halogens is 4. The van der Waals surface area contributed by atoms with Gasteiger partial charge >= 0.3 is 6.18 Å². The molecule has 2 heterocycles. The zero-order valence-electron chi connectivity index (χ0n) is 8.75. The van der Waals surface area contributed by atoms with Crippen LogP contribution in [0.2, 0.25) is 0 Å². The van der Waals surface area contributed by atoms with Crippen LogP contribution in [0.5, 0.6) is 0 Å². The van der Waals surface area contributed by atoms with Gasteiger partial charge in [-0.3, -0.25) is 0 Å². The van der Waals surface area contributed by atoms with Gasteiger partial charge in [-0.05, 0) is 19.1 Å². The third-order valence-electron chi connectivity index (χ3n) is 2.36. The number of aromatic nitrogens is 2. The van der Waals surface area contributed by atoms with Gasteiger partial charge < -0.3 is 4.40 Å². The molecule has 0 saturated carbocycles. The van der Waals surface area contributed by atoms with Gasteiger partial charge in [0.25, 0.3) is 0 Å². The number of hydrogen-bond acceptors (Lipinski definition) is 2. The summed E-state index contributed by atoms with van der Waals surface area (Å²) in [5.74, 6) is 0. The predicted molar refractivity (Wildman–Crippen MR) is 56.7 cm³/mol. The van der Waals surface area contributed by atoms with E-state index in [-0.39, 0.29) is 34.1 Å². The third kappa shape index (κ3) is 2.38. The Hall–Kier alpha value is -1.24. The lowest BCUT2D eigenvalue weighted by atomic mass is 10.2. The van der Waals surface area contributed by atoms with Gasteiger partial charge in [0.15, 0.2) is 5.65 Å². The van der Waals surface area contributed by atoms with E-state index in [4.69, 9.17) is 0 Å². The second-order valence-electron chi connectivity index (χ2n) is 3.58. The average Bonchev–Trinajstić information content (AvgIpc) is 2.53. The molecule has 17 heavy (non-hydrogen) atoms. The van der Waals surface area contributed by atoms with Gasteiger partial charge in [0.2, 0.25) is 0 Å². The SMILES string of the molecule is Cc1nc2c(SF)cccn2c1CC(F)(F)F. The fourth-order valence-electron chi connectivity index (χ4n) is 1.67. The van der Waals surface area contributed by atoms with Crippen LogP contribution in [0.1, 0.15) is 11.4 Å². The van der Waals surface area contributed by atoms with Crippen LogP contribution >= 0.6 is 12.1 Å². The van der Waals surface area contributed by atoms with Crippen molar-refractivity contribution in [3.8, 4) is 0 Å². The first-order valence-electron chi connectivity index (χ1n) is 4.74. The minimum atomic E-state index is -4.31. The van der Waals surface area contributed by atoms with Crippen molar-refractivity contribution < 1.29 is 17.1 Å². The van der Waals surface area contributed by atoms with E-state index in [1.165, 1.54) is 29.7 Å². The number of rotatable bonds is 2. The van der Waals surface area contributed by atoms with Gasteiger partial charge in [0, 0.05) is 6.20 Å². The summed E-state index contributed by atoms with van der Waals surface area (Å²) in [4.78, 5) is 4.18. The highest BCUT2D eigenvalue weighted by atomic mass is 32.2. The second-order valence-corrected chi connectivity index (χ2v) is 4.17. The number of nitrogens with zero attached hydrogens (tertiary/aromatic N) is 2. The van der Waals surface area contributed by atoms with Crippen molar-refractivity contribution in [2.45, 2.75) is 24.4 Å². The molecule has 2 aromatic heterocycles. The molecule has 7 heteroatoms. The molecule has 0 spiro atoms. The molecular weight excluding hydrogens is 256 g/mol. The van der Waals surface area contributed by atoms with Crippen molar-refractivity contribution in [2.24, 2.45) is 0 Å². The smallest absolute Gasteiger partial charge is 0.302 e. The van der Waals surface area contributed by atoms with Crippen molar-refractivity contribution in [1.82, 2.24) is 9.38 Å². The molecular formula is C10H8F4N2S. The van der Waals surface area contributed by atoms with Crippen molar-refractivity contribution >= 4 is 17.8 Å². The molecule has 0 bridgehead atoms. The maximum absolute atomic E-state index is 12.6. The first kappa shape index (κ1) is 12.2. The third-order valence-corrected chi connectivity index (χ3v) is 2.85. The summed E-state index contributed by atoms with van der Waals surface area (Å²) in [7, 11) is 0. The maximum Gasteiger partial charge on any atom is 0.394 e. The van der Waals surface area contributed by atoms with Gasteiger partial charge in [0.1, 0.15) is 0 Å². The molecule has 0 aromatic carbocycles. The molecule has 0 unspecified atom stereocenters. The van der Waals surface area contributed by atoms with E-state index < -0.39 is 12.6 Å². The molecule has 0 amide bonds. The Morgan fingerprint density at radius 3 is 2.71 bits per heavy atom. The number of hydrogen-bond donors (Lipinski definition) is 0. The monoisotopic (exact) mass is 264 g/mol. The van der Waals surface area contributed by atoms with Crippen LogP contribution in [0, 0.1) is 6.92 Å². The highest BCUT2D eigenvalue weighted by molar-refractivity contribution is 7.94. The molecule has 92 valence electrons. The number of fused-ring (bicyclic) bond motifs is 1. The van der Waals surface area contributed by atoms with Crippen LogP contribution in [-0.4, -0.2) is 15.6 Å². The van der Waals surface area contributed by atoms with Crippen molar-refractivity contribution in [3.63, 3.8) is 0 Å². The second kappa shape index (κ2) is 4.21. The Morgan fingerprint density at radius 1 is 1.41 bits per heavy atom. The minimum absolute atomic E-state index is 0.0263. The van der Waals surface area contributed by atoms with E-state index >= 15 is 0 Å². The molecule has 0 aliphatic rings. The van der Waals surface area contributed by atoms with E-state index in [1.54, 1.807) is 0 Å². The lowest BCUT2D eigenvalue weighted by molar-refractivity contribution is -0.128. The van der Waals surface area contributed by atoms with Crippen LogP contribution in [0.3, 0.4) is 0 Å². The Morgan fingerprint density at radius 2 is 2.12 bits per heavy atom. The first-order chi connectivity index (χ1) is 7.92. The van der Waals surface area contributed by atoms with Gasteiger partial charge in [0.05, 0.1) is 34.9 Å². The van der Waals surface area contributed by atoms with Gasteiger partial charge in [-0.15, -0.1) is 0 Å². The average molecular weight is 264 g/mol. The molecule has 0 radical (unpaired) electrons. The molecule has 0 aliphatic carbocycles. The summed E-state index contributed by atoms with van der Waals surface area (Å²) >= 11 is -0.0263. The number of alkyl halides is 3. The Labute approximate surface area is 98.9 Å². The number of imidazole rings is 1. The van der Waals surface area contributed by atoms with E-state index in [1.807, 2.05) is 0 Å². The molecule has 0 N–H and O–H groups in total. The number of aryl methyl sites for hydroxylation is 1. The molecule has 2 nitrogen and oxygen atoms in total. The predicted octanol–water partition coefficient (Wildman–Crippen LogP) is 3.72. The minimum Gasteiger partial charge on any atom is -0.302 e. The van der Waals surface area contributed by atoms with Crippen LogP contribution in [0.25, 0.3) is 5.65 Å². The van der Waals surface area contributed by atoms with Crippen LogP contribution < -0.4 is 0 Å². The highest BCUT2D eigenvalue weighted by Crippen LogP contribution is 2.28. The summed E-state index contributed by atoms with van der Waals surface area (Å²) in [6.07, 6.45) is -3.92. The molecule has 2 rings (SSSR count). The molecule has 0 fully saturated rings. The van der Waals surface area contributed by atoms with E-state index in [0.29, 0.717) is 0 Å². The maximum atomic E-state index is 12.6. The largest absolute Gasteiger partial charge is 0.394 e. The van der Waals surface area contributed by atoms with Crippen molar-refractivity contribution in [1.29, 1.82) is 0 Å². The van der Waals surface area contributed by atoms with E-state index in [0.717, 1.165) is 0 Å². The fraction of sp³-hybridized carbons (Fsp3) is 0.300. The van der Waals surface area contributed by atoms with Crippen molar-refractivity contribution in [2.75, 3.05) is 0 Å². The summed E-state index contributed by atoms with van der Waals surface area (Å²) < 4.78 is 51.0. The van der Waals surface area contributed by atoms with Crippen molar-refractivity contribution in [3.05, 3.63) is 29.7 Å². The van der Waals surface area contributed by atoms with Crippen LogP contribution in [0.15, 0.2) is 23.2 Å². The first-order valence-corrected chi connectivity index (χ1v) is 5.46. The molecule has 0 atom stereocenters. The van der Waals surface area contributed by atoms with Crippen LogP contribution in [-0.2, 0) is 6.42 Å². The van der Waals surface area contributed by atoms with E-state index in [2.05, 4.69) is 4.98 Å². The summed E-state index contributed by atoms with van der Waals surface area (Å²) in [5, 5.41) is 0. The lowest BCUT2D eigenvalue weighted by Crippen LogP contribution is -2.14. The molecule has 0 aliphatic heterocycles. The zero-order chi connectivity index (χ0) is 12.6. The Balaban J connectivity index is 2.60. The van der Waals surface area contributed by atoms with Crippen LogP contribution in [0.4, 0.5) is 17.1 Å². The molecule has 2 aromatic rings. The zero-order valence-corrected chi connectivity index (χ0v) is 9.57. The summed E-state index contributed by atoms with van der Waals surface area (Å²) in [6, 6.07) is 2.97.